The van der Waals surface area contributed by atoms with E-state index < -0.39 is 4.92 Å². The summed E-state index contributed by atoms with van der Waals surface area (Å²) in [6, 6.07) is 8.68. The number of rotatable bonds is 1. The smallest absolute Gasteiger partial charge is 0.258 e. The molecule has 0 aliphatic carbocycles. The van der Waals surface area contributed by atoms with Gasteiger partial charge in [-0.1, -0.05) is 12.1 Å². The Kier molecular flexibility index (Phi) is 1.44. The van der Waals surface area contributed by atoms with Gasteiger partial charge in [-0.05, 0) is 6.07 Å². The van der Waals surface area contributed by atoms with E-state index in [-0.39, 0.29) is 5.69 Å². The molecule has 45 valence electrons. The summed E-state index contributed by atoms with van der Waals surface area (Å²) < 4.78 is 0. The van der Waals surface area contributed by atoms with E-state index in [1.165, 1.54) is 12.1 Å². The van der Waals surface area contributed by atoms with Gasteiger partial charge in [-0.15, -0.1) is 0 Å². The number of non-ortho nitro benzene ring substituents is 1. The summed E-state index contributed by atoms with van der Waals surface area (Å²) in [4.78, 5) is 9.50. The topological polar surface area (TPSA) is 43.1 Å². The lowest BCUT2D eigenvalue weighted by Gasteiger charge is -1.84. The Morgan fingerprint density at radius 3 is 2.67 bits per heavy atom. The molecule has 0 saturated carbocycles. The molecular formula is C6H4NO2. The fourth-order valence-corrected chi connectivity index (χ4v) is 0.497. The van der Waals surface area contributed by atoms with E-state index in [1.807, 2.05) is 0 Å². The van der Waals surface area contributed by atoms with Crippen molar-refractivity contribution in [3.05, 3.63) is 40.4 Å². The highest BCUT2D eigenvalue weighted by Crippen LogP contribution is 2.05. The molecule has 0 N–H and O–H groups in total. The second kappa shape index (κ2) is 2.26. The third kappa shape index (κ3) is 1.25. The van der Waals surface area contributed by atoms with E-state index in [4.69, 9.17) is 0 Å². The van der Waals surface area contributed by atoms with Gasteiger partial charge in [0.2, 0.25) is 0 Å². The third-order valence-corrected chi connectivity index (χ3v) is 0.889. The maximum absolute atomic E-state index is 9.98. The molecule has 0 unspecified atom stereocenters. The highest BCUT2D eigenvalue weighted by Gasteiger charge is 1.99. The quantitative estimate of drug-likeness (QED) is 0.417. The van der Waals surface area contributed by atoms with Gasteiger partial charge in [0.25, 0.3) is 5.69 Å². The Bertz CT molecular complexity index is 208. The van der Waals surface area contributed by atoms with Gasteiger partial charge in [0, 0.05) is 6.07 Å². The molecule has 1 rings (SSSR count). The lowest BCUT2D eigenvalue weighted by Crippen LogP contribution is -1.85. The van der Waals surface area contributed by atoms with Crippen LogP contribution in [0.3, 0.4) is 0 Å². The molecule has 1 aromatic rings. The van der Waals surface area contributed by atoms with Gasteiger partial charge in [0.05, 0.1) is 11.0 Å². The standard InChI is InChI=1S/C6H4NO2/c8-7(9)6-4-2-1-3-5-6/h1-4H. The van der Waals surface area contributed by atoms with Crippen LogP contribution in [0.5, 0.6) is 0 Å². The minimum Gasteiger partial charge on any atom is -0.258 e. The van der Waals surface area contributed by atoms with Crippen molar-refractivity contribution in [1.29, 1.82) is 0 Å². The summed E-state index contributed by atoms with van der Waals surface area (Å²) in [7, 11) is 0. The summed E-state index contributed by atoms with van der Waals surface area (Å²) in [5.74, 6) is 0. The van der Waals surface area contributed by atoms with Crippen LogP contribution in [0.1, 0.15) is 0 Å². The number of hydrogen-bond acceptors (Lipinski definition) is 2. The Hall–Kier alpha value is -1.38. The molecule has 0 aliphatic rings. The zero-order valence-corrected chi connectivity index (χ0v) is 4.57. The largest absolute Gasteiger partial charge is 0.277 e. The molecular weight excluding hydrogens is 118 g/mol. The van der Waals surface area contributed by atoms with Crippen molar-refractivity contribution in [3.63, 3.8) is 0 Å². The van der Waals surface area contributed by atoms with E-state index in [2.05, 4.69) is 6.07 Å². The Morgan fingerprint density at radius 2 is 2.33 bits per heavy atom. The summed E-state index contributed by atoms with van der Waals surface area (Å²) in [6.07, 6.45) is 0. The van der Waals surface area contributed by atoms with Gasteiger partial charge in [0.15, 0.2) is 0 Å². The Morgan fingerprint density at radius 1 is 1.56 bits per heavy atom. The maximum atomic E-state index is 9.98. The molecule has 1 radical (unpaired) electrons. The predicted molar refractivity (Wildman–Crippen MR) is 31.9 cm³/mol. The molecule has 0 heterocycles. The van der Waals surface area contributed by atoms with E-state index in [9.17, 15) is 10.1 Å². The van der Waals surface area contributed by atoms with Gasteiger partial charge < -0.3 is 0 Å². The van der Waals surface area contributed by atoms with Gasteiger partial charge in [-0.2, -0.15) is 0 Å². The SMILES string of the molecule is O=[N+]([O-])c1[c]cccc1. The van der Waals surface area contributed by atoms with E-state index in [1.54, 1.807) is 12.1 Å². The third-order valence-electron chi connectivity index (χ3n) is 0.889. The monoisotopic (exact) mass is 122 g/mol. The zero-order valence-electron chi connectivity index (χ0n) is 4.57. The van der Waals surface area contributed by atoms with Crippen molar-refractivity contribution in [3.8, 4) is 0 Å². The van der Waals surface area contributed by atoms with Crippen LogP contribution in [0.2, 0.25) is 0 Å². The van der Waals surface area contributed by atoms with Crippen LogP contribution >= 0.6 is 0 Å². The molecule has 3 heteroatoms. The molecule has 0 saturated heterocycles. The summed E-state index contributed by atoms with van der Waals surface area (Å²) >= 11 is 0. The molecule has 0 aromatic heterocycles. The van der Waals surface area contributed by atoms with Gasteiger partial charge in [0.1, 0.15) is 0 Å². The minimum atomic E-state index is -0.472. The van der Waals surface area contributed by atoms with Crippen LogP contribution in [0, 0.1) is 16.2 Å². The number of nitro groups is 1. The van der Waals surface area contributed by atoms with E-state index >= 15 is 0 Å². The van der Waals surface area contributed by atoms with Crippen LogP contribution in [0.25, 0.3) is 0 Å². The fourth-order valence-electron chi connectivity index (χ4n) is 0.497. The van der Waals surface area contributed by atoms with E-state index in [0.29, 0.717) is 0 Å². The average Bonchev–Trinajstić information content (AvgIpc) is 1.90. The second-order valence-corrected chi connectivity index (χ2v) is 1.50. The molecule has 1 aromatic carbocycles. The van der Waals surface area contributed by atoms with Crippen molar-refractivity contribution in [2.24, 2.45) is 0 Å². The highest BCUT2D eigenvalue weighted by molar-refractivity contribution is 5.26. The molecule has 0 spiro atoms. The normalized spacial score (nSPS) is 8.89. The zero-order chi connectivity index (χ0) is 6.69. The number of nitro benzene ring substituents is 1. The lowest BCUT2D eigenvalue weighted by atomic mass is 10.3. The van der Waals surface area contributed by atoms with Gasteiger partial charge in [-0.3, -0.25) is 10.1 Å². The molecule has 0 bridgehead atoms. The van der Waals surface area contributed by atoms with Crippen molar-refractivity contribution in [2.45, 2.75) is 0 Å². The van der Waals surface area contributed by atoms with Crippen LogP contribution < -0.4 is 0 Å². The van der Waals surface area contributed by atoms with Crippen LogP contribution in [0.4, 0.5) is 5.69 Å². The first-order chi connectivity index (χ1) is 4.30. The summed E-state index contributed by atoms with van der Waals surface area (Å²) in [5, 5.41) is 9.98. The van der Waals surface area contributed by atoms with Gasteiger partial charge >= 0.3 is 0 Å². The first kappa shape index (κ1) is 5.75. The van der Waals surface area contributed by atoms with Crippen molar-refractivity contribution >= 4 is 5.69 Å². The van der Waals surface area contributed by atoms with Crippen LogP contribution in [-0.4, -0.2) is 4.92 Å². The van der Waals surface area contributed by atoms with Gasteiger partial charge in [-0.25, -0.2) is 0 Å². The van der Waals surface area contributed by atoms with Crippen molar-refractivity contribution < 1.29 is 4.92 Å². The van der Waals surface area contributed by atoms with E-state index in [0.717, 1.165) is 0 Å². The molecule has 9 heavy (non-hydrogen) atoms. The van der Waals surface area contributed by atoms with Crippen LogP contribution in [-0.2, 0) is 0 Å². The number of para-hydroxylation sites is 1. The molecule has 0 amide bonds. The fraction of sp³-hybridized carbons (Fsp3) is 0. The van der Waals surface area contributed by atoms with Crippen molar-refractivity contribution in [2.75, 3.05) is 0 Å². The predicted octanol–water partition coefficient (Wildman–Crippen LogP) is 1.39. The summed E-state index contributed by atoms with van der Waals surface area (Å²) in [6.45, 7) is 0. The molecule has 3 nitrogen and oxygen atoms in total. The first-order valence-corrected chi connectivity index (χ1v) is 2.42. The number of benzene rings is 1. The molecule has 0 atom stereocenters. The number of nitrogens with zero attached hydrogens (tertiary/aromatic N) is 1. The average molecular weight is 122 g/mol. The second-order valence-electron chi connectivity index (χ2n) is 1.50. The molecule has 0 fully saturated rings. The first-order valence-electron chi connectivity index (χ1n) is 2.42. The van der Waals surface area contributed by atoms with Crippen molar-refractivity contribution in [1.82, 2.24) is 0 Å². The Balaban J connectivity index is 2.98. The van der Waals surface area contributed by atoms with Crippen LogP contribution in [0.15, 0.2) is 24.3 Å². The Labute approximate surface area is 52.1 Å². The number of hydrogen-bond donors (Lipinski definition) is 0. The minimum absolute atomic E-state index is 0.0116. The lowest BCUT2D eigenvalue weighted by molar-refractivity contribution is -0.385. The highest BCUT2D eigenvalue weighted by atomic mass is 16.6. The molecule has 0 aliphatic heterocycles. The maximum Gasteiger partial charge on any atom is 0.277 e. The summed E-state index contributed by atoms with van der Waals surface area (Å²) in [5.41, 5.74) is 0.0116.